The molecule has 4 atom stereocenters. The Morgan fingerprint density at radius 2 is 1.68 bits per heavy atom. The van der Waals surface area contributed by atoms with Crippen LogP contribution in [0.3, 0.4) is 0 Å². The third-order valence-corrected chi connectivity index (χ3v) is 6.32. The first-order chi connectivity index (χ1) is 17.9. The average Bonchev–Trinajstić information content (AvgIpc) is 3.43. The molecule has 0 aromatic heterocycles. The monoisotopic (exact) mass is 522 g/mol. The van der Waals surface area contributed by atoms with Crippen LogP contribution in [0.2, 0.25) is 0 Å². The normalized spacial score (nSPS) is 24.8. The van der Waals surface area contributed by atoms with Gasteiger partial charge in [-0.25, -0.2) is 4.79 Å². The SMILES string of the molecule is C=C(C(=O)c1ccc(/C=C/C(=O)OC[C@H](O)[C@H]2OC(C)(C)O[C@H]2[C@H]2COC(C)(C)O2)cc1)c1ccccc1. The van der Waals surface area contributed by atoms with Crippen LogP contribution in [-0.2, 0) is 28.5 Å². The summed E-state index contributed by atoms with van der Waals surface area (Å²) in [7, 11) is 0. The van der Waals surface area contributed by atoms with Gasteiger partial charge in [-0.05, 0) is 44.9 Å². The van der Waals surface area contributed by atoms with Crippen molar-refractivity contribution in [3.05, 3.63) is 83.9 Å². The molecule has 2 aliphatic heterocycles. The summed E-state index contributed by atoms with van der Waals surface area (Å²) >= 11 is 0. The molecule has 2 aliphatic rings. The van der Waals surface area contributed by atoms with Gasteiger partial charge in [0.25, 0.3) is 0 Å². The van der Waals surface area contributed by atoms with Gasteiger partial charge >= 0.3 is 5.97 Å². The van der Waals surface area contributed by atoms with Gasteiger partial charge < -0.3 is 28.8 Å². The van der Waals surface area contributed by atoms with Crippen LogP contribution < -0.4 is 0 Å². The quantitative estimate of drug-likeness (QED) is 0.298. The molecule has 4 rings (SSSR count). The van der Waals surface area contributed by atoms with E-state index in [-0.39, 0.29) is 12.4 Å². The average molecular weight is 523 g/mol. The van der Waals surface area contributed by atoms with E-state index in [1.807, 2.05) is 30.3 Å². The first kappa shape index (κ1) is 27.9. The zero-order chi connectivity index (χ0) is 27.5. The largest absolute Gasteiger partial charge is 0.460 e. The number of hydrogen-bond donors (Lipinski definition) is 1. The van der Waals surface area contributed by atoms with Crippen molar-refractivity contribution < 1.29 is 38.4 Å². The van der Waals surface area contributed by atoms with Crippen LogP contribution in [-0.4, -0.2) is 66.1 Å². The van der Waals surface area contributed by atoms with Gasteiger partial charge in [0.1, 0.15) is 31.0 Å². The molecule has 202 valence electrons. The Kier molecular flexibility index (Phi) is 8.30. The third-order valence-electron chi connectivity index (χ3n) is 6.32. The van der Waals surface area contributed by atoms with Crippen molar-refractivity contribution in [1.29, 1.82) is 0 Å². The number of aliphatic hydroxyl groups excluding tert-OH is 1. The predicted molar refractivity (Wildman–Crippen MR) is 141 cm³/mol. The molecule has 2 aromatic carbocycles. The van der Waals surface area contributed by atoms with Gasteiger partial charge in [-0.2, -0.15) is 0 Å². The lowest BCUT2D eigenvalue weighted by molar-refractivity contribution is -0.175. The Morgan fingerprint density at radius 3 is 2.32 bits per heavy atom. The van der Waals surface area contributed by atoms with E-state index in [9.17, 15) is 14.7 Å². The molecule has 0 spiro atoms. The van der Waals surface area contributed by atoms with Crippen molar-refractivity contribution in [2.45, 2.75) is 63.7 Å². The van der Waals surface area contributed by atoms with E-state index in [1.165, 1.54) is 6.08 Å². The number of allylic oxidation sites excluding steroid dienone is 1. The van der Waals surface area contributed by atoms with Crippen LogP contribution in [0.25, 0.3) is 11.6 Å². The maximum atomic E-state index is 12.7. The maximum absolute atomic E-state index is 12.7. The summed E-state index contributed by atoms with van der Waals surface area (Å²) in [6.07, 6.45) is -0.0792. The fraction of sp³-hybridized carbons (Fsp3) is 0.400. The van der Waals surface area contributed by atoms with Gasteiger partial charge in [-0.15, -0.1) is 0 Å². The summed E-state index contributed by atoms with van der Waals surface area (Å²) in [5.41, 5.74) is 2.38. The molecule has 0 radical (unpaired) electrons. The zero-order valence-corrected chi connectivity index (χ0v) is 22.1. The van der Waals surface area contributed by atoms with E-state index in [4.69, 9.17) is 23.7 Å². The van der Waals surface area contributed by atoms with Crippen molar-refractivity contribution >= 4 is 23.4 Å². The number of carbonyl (C=O) groups excluding carboxylic acids is 2. The minimum Gasteiger partial charge on any atom is -0.460 e. The molecule has 8 heteroatoms. The van der Waals surface area contributed by atoms with Gasteiger partial charge in [0, 0.05) is 17.2 Å². The number of benzene rings is 2. The Morgan fingerprint density at radius 1 is 1.00 bits per heavy atom. The number of rotatable bonds is 9. The molecular weight excluding hydrogens is 488 g/mol. The molecule has 2 heterocycles. The van der Waals surface area contributed by atoms with Gasteiger partial charge in [-0.1, -0.05) is 61.2 Å². The van der Waals surface area contributed by atoms with E-state index < -0.39 is 42.0 Å². The van der Waals surface area contributed by atoms with E-state index in [2.05, 4.69) is 6.58 Å². The molecule has 0 unspecified atom stereocenters. The molecule has 0 bridgehead atoms. The number of Topliss-reactive ketones (excluding diaryl/α,β-unsaturated/α-hetero) is 1. The summed E-state index contributed by atoms with van der Waals surface area (Å²) in [6, 6.07) is 16.1. The Hall–Kier alpha value is -3.14. The topological polar surface area (TPSA) is 101 Å². The number of esters is 1. The maximum Gasteiger partial charge on any atom is 0.330 e. The standard InChI is InChI=1S/C30H34O8/c1-19(21-9-7-6-8-10-21)26(33)22-14-11-20(12-15-22)13-16-25(32)34-17-23(31)27-28(38-30(4,5)37-27)24-18-35-29(2,3)36-24/h6-16,23-24,27-28,31H,1,17-18H2,2-5H3/b16-13+/t23-,24+,27+,28-/m0/s1. The first-order valence-corrected chi connectivity index (χ1v) is 12.5. The van der Waals surface area contributed by atoms with E-state index in [1.54, 1.807) is 58.0 Å². The number of ketones is 1. The molecule has 1 N–H and O–H groups in total. The summed E-state index contributed by atoms with van der Waals surface area (Å²) in [5.74, 6) is -2.48. The fourth-order valence-corrected chi connectivity index (χ4v) is 4.44. The number of carbonyl (C=O) groups is 2. The molecule has 0 aliphatic carbocycles. The minimum atomic E-state index is -1.13. The predicted octanol–water partition coefficient (Wildman–Crippen LogP) is 4.17. The first-order valence-electron chi connectivity index (χ1n) is 12.5. The van der Waals surface area contributed by atoms with Gasteiger partial charge in [0.05, 0.1) is 6.61 Å². The lowest BCUT2D eigenvalue weighted by Gasteiger charge is -2.26. The summed E-state index contributed by atoms with van der Waals surface area (Å²) in [6.45, 7) is 11.0. The number of aliphatic hydroxyl groups is 1. The molecule has 2 saturated heterocycles. The summed E-state index contributed by atoms with van der Waals surface area (Å²) < 4.78 is 28.6. The fourth-order valence-electron chi connectivity index (χ4n) is 4.44. The van der Waals surface area contributed by atoms with Gasteiger partial charge in [0.2, 0.25) is 0 Å². The van der Waals surface area contributed by atoms with Crippen LogP contribution in [0.1, 0.15) is 49.2 Å². The van der Waals surface area contributed by atoms with Crippen LogP contribution in [0.5, 0.6) is 0 Å². The van der Waals surface area contributed by atoms with Gasteiger partial charge in [-0.3, -0.25) is 4.79 Å². The minimum absolute atomic E-state index is 0.169. The van der Waals surface area contributed by atoms with Crippen molar-refractivity contribution in [1.82, 2.24) is 0 Å². The van der Waals surface area contributed by atoms with Crippen LogP contribution >= 0.6 is 0 Å². The number of ether oxygens (including phenoxy) is 5. The highest BCUT2D eigenvalue weighted by Gasteiger charge is 2.52. The molecule has 2 fully saturated rings. The summed E-state index contributed by atoms with van der Waals surface area (Å²) in [5, 5.41) is 10.7. The molecule has 38 heavy (non-hydrogen) atoms. The Balaban J connectivity index is 1.30. The lowest BCUT2D eigenvalue weighted by Crippen LogP contribution is -2.45. The van der Waals surface area contributed by atoms with Crippen molar-refractivity contribution in [2.24, 2.45) is 0 Å². The smallest absolute Gasteiger partial charge is 0.330 e. The molecule has 0 saturated carbocycles. The third kappa shape index (κ3) is 6.83. The van der Waals surface area contributed by atoms with E-state index >= 15 is 0 Å². The lowest BCUT2D eigenvalue weighted by atomic mass is 9.97. The van der Waals surface area contributed by atoms with Crippen molar-refractivity contribution in [3.8, 4) is 0 Å². The van der Waals surface area contributed by atoms with Crippen LogP contribution in [0, 0.1) is 0 Å². The van der Waals surface area contributed by atoms with Crippen LogP contribution in [0.15, 0.2) is 67.3 Å². The highest BCUT2D eigenvalue weighted by molar-refractivity contribution is 6.28. The highest BCUT2D eigenvalue weighted by atomic mass is 16.8. The molecule has 0 amide bonds. The number of hydrogen-bond acceptors (Lipinski definition) is 8. The Labute approximate surface area is 222 Å². The van der Waals surface area contributed by atoms with Gasteiger partial charge in [0.15, 0.2) is 17.4 Å². The van der Waals surface area contributed by atoms with Crippen molar-refractivity contribution in [3.63, 3.8) is 0 Å². The highest BCUT2D eigenvalue weighted by Crippen LogP contribution is 2.36. The second kappa shape index (κ2) is 11.3. The van der Waals surface area contributed by atoms with E-state index in [0.29, 0.717) is 23.3 Å². The second-order valence-electron chi connectivity index (χ2n) is 10.3. The van der Waals surface area contributed by atoms with Crippen molar-refractivity contribution in [2.75, 3.05) is 13.2 Å². The molecule has 2 aromatic rings. The second-order valence-corrected chi connectivity index (χ2v) is 10.3. The van der Waals surface area contributed by atoms with E-state index in [0.717, 1.165) is 5.56 Å². The zero-order valence-electron chi connectivity index (χ0n) is 22.1. The summed E-state index contributed by atoms with van der Waals surface area (Å²) in [4.78, 5) is 25.0. The molecule has 8 nitrogen and oxygen atoms in total. The Bertz CT molecular complexity index is 1180. The molecular formula is C30H34O8. The van der Waals surface area contributed by atoms with Crippen LogP contribution in [0.4, 0.5) is 0 Å².